The quantitative estimate of drug-likeness (QED) is 0.347. The highest BCUT2D eigenvalue weighted by Gasteiger charge is 2.07. The molecule has 0 aromatic heterocycles. The van der Waals surface area contributed by atoms with E-state index in [2.05, 4.69) is 6.58 Å². The maximum atomic E-state index is 11.3. The van der Waals surface area contributed by atoms with Crippen molar-refractivity contribution in [3.8, 4) is 17.2 Å². The number of allylic oxidation sites excluding steroid dienone is 1. The standard InChI is InChI=1S/C21H22O4/c1-14(2)4-8-18-10-16(7-9-21(18)25-15(3)22)5-6-17-11-19(23)13-20(24)12-17/h5-7,9-13,23-24H,1,4,8H2,2-3H3. The molecular weight excluding hydrogens is 316 g/mol. The molecule has 0 aliphatic heterocycles. The van der Waals surface area contributed by atoms with Crippen molar-refractivity contribution in [1.29, 1.82) is 0 Å². The lowest BCUT2D eigenvalue weighted by Crippen LogP contribution is -2.04. The third-order valence-electron chi connectivity index (χ3n) is 3.55. The summed E-state index contributed by atoms with van der Waals surface area (Å²) in [6.07, 6.45) is 5.20. The Morgan fingerprint density at radius 2 is 1.68 bits per heavy atom. The first-order chi connectivity index (χ1) is 11.8. The molecule has 0 aliphatic rings. The Morgan fingerprint density at radius 3 is 2.28 bits per heavy atom. The maximum Gasteiger partial charge on any atom is 0.308 e. The second-order valence-electron chi connectivity index (χ2n) is 6.03. The molecule has 0 amide bonds. The lowest BCUT2D eigenvalue weighted by molar-refractivity contribution is -0.131. The predicted octanol–water partition coefficient (Wildman–Crippen LogP) is 4.70. The molecule has 0 saturated carbocycles. The van der Waals surface area contributed by atoms with E-state index in [0.29, 0.717) is 11.3 Å². The van der Waals surface area contributed by atoms with E-state index in [1.165, 1.54) is 13.0 Å². The van der Waals surface area contributed by atoms with Crippen LogP contribution in [-0.2, 0) is 11.2 Å². The molecule has 2 rings (SSSR count). The molecule has 0 atom stereocenters. The summed E-state index contributed by atoms with van der Waals surface area (Å²) in [6.45, 7) is 7.25. The number of aromatic hydroxyl groups is 2. The smallest absolute Gasteiger partial charge is 0.308 e. The number of rotatable bonds is 6. The summed E-state index contributed by atoms with van der Waals surface area (Å²) >= 11 is 0. The molecule has 0 heterocycles. The summed E-state index contributed by atoms with van der Waals surface area (Å²) in [5.74, 6) is 0.218. The fourth-order valence-corrected chi connectivity index (χ4v) is 2.41. The van der Waals surface area contributed by atoms with Crippen molar-refractivity contribution in [3.63, 3.8) is 0 Å². The molecule has 0 saturated heterocycles. The lowest BCUT2D eigenvalue weighted by Gasteiger charge is -2.10. The van der Waals surface area contributed by atoms with Crippen molar-refractivity contribution in [2.24, 2.45) is 0 Å². The van der Waals surface area contributed by atoms with Crippen LogP contribution in [0.25, 0.3) is 12.2 Å². The Hall–Kier alpha value is -3.01. The average molecular weight is 338 g/mol. The van der Waals surface area contributed by atoms with Crippen LogP contribution in [0, 0.1) is 0 Å². The number of carbonyl (C=O) groups is 1. The van der Waals surface area contributed by atoms with Crippen LogP contribution >= 0.6 is 0 Å². The van der Waals surface area contributed by atoms with E-state index in [0.717, 1.165) is 29.5 Å². The fourth-order valence-electron chi connectivity index (χ4n) is 2.41. The van der Waals surface area contributed by atoms with Gasteiger partial charge < -0.3 is 14.9 Å². The van der Waals surface area contributed by atoms with Crippen molar-refractivity contribution in [2.45, 2.75) is 26.7 Å². The molecule has 0 unspecified atom stereocenters. The maximum absolute atomic E-state index is 11.3. The molecule has 0 radical (unpaired) electrons. The van der Waals surface area contributed by atoms with Crippen LogP contribution in [0.2, 0.25) is 0 Å². The normalized spacial score (nSPS) is 10.8. The number of hydrogen-bond donors (Lipinski definition) is 2. The van der Waals surface area contributed by atoms with Crippen LogP contribution in [0.1, 0.15) is 37.0 Å². The highest BCUT2D eigenvalue weighted by atomic mass is 16.5. The number of benzene rings is 2. The van der Waals surface area contributed by atoms with E-state index in [-0.39, 0.29) is 17.5 Å². The van der Waals surface area contributed by atoms with Gasteiger partial charge in [0.15, 0.2) is 0 Å². The van der Waals surface area contributed by atoms with E-state index in [1.807, 2.05) is 25.1 Å². The number of phenolic OH excluding ortho intramolecular Hbond substituents is 2. The highest BCUT2D eigenvalue weighted by molar-refractivity contribution is 5.73. The fraction of sp³-hybridized carbons (Fsp3) is 0.190. The Kier molecular flexibility index (Phi) is 6.01. The number of aryl methyl sites for hydroxylation is 1. The Morgan fingerprint density at radius 1 is 1.04 bits per heavy atom. The summed E-state index contributed by atoms with van der Waals surface area (Å²) < 4.78 is 5.27. The number of ether oxygens (including phenoxy) is 1. The monoisotopic (exact) mass is 338 g/mol. The zero-order valence-corrected chi connectivity index (χ0v) is 14.5. The minimum atomic E-state index is -0.352. The van der Waals surface area contributed by atoms with Crippen LogP contribution in [0.5, 0.6) is 17.2 Å². The van der Waals surface area contributed by atoms with Crippen LogP contribution in [0.15, 0.2) is 48.6 Å². The lowest BCUT2D eigenvalue weighted by atomic mass is 10.0. The Balaban J connectivity index is 2.27. The average Bonchev–Trinajstić information content (AvgIpc) is 2.51. The van der Waals surface area contributed by atoms with Crippen molar-refractivity contribution in [2.75, 3.05) is 0 Å². The first kappa shape index (κ1) is 18.3. The van der Waals surface area contributed by atoms with Crippen LogP contribution < -0.4 is 4.74 Å². The first-order valence-corrected chi connectivity index (χ1v) is 8.00. The van der Waals surface area contributed by atoms with Crippen molar-refractivity contribution < 1.29 is 19.7 Å². The molecule has 0 fully saturated rings. The summed E-state index contributed by atoms with van der Waals surface area (Å²) in [7, 11) is 0. The third kappa shape index (κ3) is 5.84. The van der Waals surface area contributed by atoms with Crippen LogP contribution in [-0.4, -0.2) is 16.2 Å². The van der Waals surface area contributed by atoms with Gasteiger partial charge >= 0.3 is 5.97 Å². The largest absolute Gasteiger partial charge is 0.508 e. The second-order valence-corrected chi connectivity index (χ2v) is 6.03. The molecule has 25 heavy (non-hydrogen) atoms. The summed E-state index contributed by atoms with van der Waals surface area (Å²) in [5.41, 5.74) is 3.60. The predicted molar refractivity (Wildman–Crippen MR) is 99.6 cm³/mol. The molecule has 130 valence electrons. The second kappa shape index (κ2) is 8.20. The number of esters is 1. The minimum Gasteiger partial charge on any atom is -0.508 e. The van der Waals surface area contributed by atoms with E-state index in [4.69, 9.17) is 4.74 Å². The summed E-state index contributed by atoms with van der Waals surface area (Å²) in [5, 5.41) is 19.1. The van der Waals surface area contributed by atoms with Gasteiger partial charge in [0.1, 0.15) is 17.2 Å². The van der Waals surface area contributed by atoms with E-state index < -0.39 is 0 Å². The first-order valence-electron chi connectivity index (χ1n) is 8.00. The summed E-state index contributed by atoms with van der Waals surface area (Å²) in [6, 6.07) is 9.98. The number of hydrogen-bond acceptors (Lipinski definition) is 4. The van der Waals surface area contributed by atoms with Gasteiger partial charge in [0, 0.05) is 13.0 Å². The van der Waals surface area contributed by atoms with Crippen molar-refractivity contribution in [1.82, 2.24) is 0 Å². The van der Waals surface area contributed by atoms with E-state index >= 15 is 0 Å². The van der Waals surface area contributed by atoms with Crippen LogP contribution in [0.4, 0.5) is 0 Å². The van der Waals surface area contributed by atoms with Crippen LogP contribution in [0.3, 0.4) is 0 Å². The number of carbonyl (C=O) groups excluding carboxylic acids is 1. The minimum absolute atomic E-state index is 0.00648. The van der Waals surface area contributed by atoms with Gasteiger partial charge in [0.25, 0.3) is 0 Å². The molecular formula is C21H22O4. The molecule has 2 N–H and O–H groups in total. The van der Waals surface area contributed by atoms with Gasteiger partial charge in [-0.3, -0.25) is 4.79 Å². The molecule has 0 bridgehead atoms. The van der Waals surface area contributed by atoms with Gasteiger partial charge in [-0.05, 0) is 60.7 Å². The van der Waals surface area contributed by atoms with E-state index in [1.54, 1.807) is 24.3 Å². The number of phenols is 2. The zero-order valence-electron chi connectivity index (χ0n) is 14.5. The topological polar surface area (TPSA) is 66.8 Å². The van der Waals surface area contributed by atoms with Gasteiger partial charge in [-0.15, -0.1) is 6.58 Å². The van der Waals surface area contributed by atoms with Gasteiger partial charge in [0.2, 0.25) is 0 Å². The van der Waals surface area contributed by atoms with Gasteiger partial charge in [-0.1, -0.05) is 23.8 Å². The summed E-state index contributed by atoms with van der Waals surface area (Å²) in [4.78, 5) is 11.3. The SMILES string of the molecule is C=C(C)CCc1cc(C=Cc2cc(O)cc(O)c2)ccc1OC(C)=O. The molecule has 2 aromatic carbocycles. The highest BCUT2D eigenvalue weighted by Crippen LogP contribution is 2.25. The van der Waals surface area contributed by atoms with Crippen molar-refractivity contribution in [3.05, 3.63) is 65.2 Å². The Bertz CT molecular complexity index is 798. The molecule has 4 nitrogen and oxygen atoms in total. The Labute approximate surface area is 147 Å². The molecule has 2 aromatic rings. The molecule has 0 aliphatic carbocycles. The van der Waals surface area contributed by atoms with Crippen molar-refractivity contribution >= 4 is 18.1 Å². The van der Waals surface area contributed by atoms with Gasteiger partial charge in [-0.25, -0.2) is 0 Å². The third-order valence-corrected chi connectivity index (χ3v) is 3.55. The van der Waals surface area contributed by atoms with Gasteiger partial charge in [-0.2, -0.15) is 0 Å². The molecule has 0 spiro atoms. The van der Waals surface area contributed by atoms with Gasteiger partial charge in [0.05, 0.1) is 0 Å². The zero-order chi connectivity index (χ0) is 18.4. The van der Waals surface area contributed by atoms with E-state index in [9.17, 15) is 15.0 Å². The molecule has 4 heteroatoms.